The quantitative estimate of drug-likeness (QED) is 0.797. The summed E-state index contributed by atoms with van der Waals surface area (Å²) in [5.74, 6) is -0.491. The van der Waals surface area contributed by atoms with Gasteiger partial charge in [-0.15, -0.1) is 0 Å². The second-order valence-electron chi connectivity index (χ2n) is 6.19. The molecule has 1 saturated heterocycles. The topological polar surface area (TPSA) is 107 Å². The van der Waals surface area contributed by atoms with Crippen LogP contribution in [0.3, 0.4) is 0 Å². The van der Waals surface area contributed by atoms with Crippen LogP contribution in [0.1, 0.15) is 16.9 Å². The summed E-state index contributed by atoms with van der Waals surface area (Å²) in [7, 11) is 0. The van der Waals surface area contributed by atoms with E-state index in [1.54, 1.807) is 18.2 Å². The smallest absolute Gasteiger partial charge is 0.274 e. The minimum atomic E-state index is -1.15. The lowest BCUT2D eigenvalue weighted by molar-refractivity contribution is -0.131. The summed E-state index contributed by atoms with van der Waals surface area (Å²) < 4.78 is 5.87. The zero-order valence-corrected chi connectivity index (χ0v) is 13.7. The van der Waals surface area contributed by atoms with Crippen LogP contribution >= 0.6 is 0 Å². The van der Waals surface area contributed by atoms with Crippen LogP contribution in [0.25, 0.3) is 0 Å². The van der Waals surface area contributed by atoms with Crippen molar-refractivity contribution in [2.75, 3.05) is 23.7 Å². The Balaban J connectivity index is 1.58. The van der Waals surface area contributed by atoms with Gasteiger partial charge in [-0.05, 0) is 24.3 Å². The van der Waals surface area contributed by atoms with Crippen LogP contribution in [0.4, 0.5) is 11.4 Å². The Hall–Kier alpha value is -3.60. The highest BCUT2D eigenvalue weighted by Gasteiger charge is 2.50. The summed E-state index contributed by atoms with van der Waals surface area (Å²) in [6, 6.07) is 12.2. The molecule has 1 fully saturated rings. The lowest BCUT2D eigenvalue weighted by Crippen LogP contribution is -2.52. The number of likely N-dealkylation sites (tertiary alicyclic amines) is 1. The third-order valence-electron chi connectivity index (χ3n) is 4.45. The number of ether oxygens (including phenoxy) is 1. The molecule has 1 unspecified atom stereocenters. The number of amides is 2. The van der Waals surface area contributed by atoms with Crippen LogP contribution in [0.2, 0.25) is 0 Å². The van der Waals surface area contributed by atoms with E-state index in [0.29, 0.717) is 24.3 Å². The molecule has 1 spiro atoms. The minimum Gasteiger partial charge on any atom is -0.457 e. The highest BCUT2D eigenvalue weighted by molar-refractivity contribution is 6.04. The average Bonchev–Trinajstić information content (AvgIpc) is 3.07. The SMILES string of the molecule is N#CN1CCC2(C1)Oc1nc(C(=O)Nc3ccccc3)ccc1NC2=O. The Morgan fingerprint density at radius 1 is 1.31 bits per heavy atom. The molecule has 2 aliphatic rings. The maximum Gasteiger partial charge on any atom is 0.274 e. The molecule has 1 atom stereocenters. The molecule has 0 bridgehead atoms. The Labute approximate surface area is 149 Å². The predicted octanol–water partition coefficient (Wildman–Crippen LogP) is 1.59. The van der Waals surface area contributed by atoms with Crippen LogP contribution in [-0.2, 0) is 4.79 Å². The first kappa shape index (κ1) is 15.9. The molecule has 0 aliphatic carbocycles. The molecule has 2 aliphatic heterocycles. The van der Waals surface area contributed by atoms with E-state index in [1.807, 2.05) is 24.4 Å². The first-order chi connectivity index (χ1) is 12.6. The van der Waals surface area contributed by atoms with Crippen molar-refractivity contribution in [2.45, 2.75) is 12.0 Å². The lowest BCUT2D eigenvalue weighted by Gasteiger charge is -2.33. The van der Waals surface area contributed by atoms with Gasteiger partial charge in [-0.2, -0.15) is 5.26 Å². The van der Waals surface area contributed by atoms with Crippen molar-refractivity contribution >= 4 is 23.2 Å². The van der Waals surface area contributed by atoms with Crippen molar-refractivity contribution < 1.29 is 14.3 Å². The van der Waals surface area contributed by atoms with E-state index >= 15 is 0 Å². The Morgan fingerprint density at radius 2 is 2.12 bits per heavy atom. The number of nitriles is 1. The van der Waals surface area contributed by atoms with E-state index in [0.717, 1.165) is 0 Å². The van der Waals surface area contributed by atoms with Gasteiger partial charge in [0.2, 0.25) is 11.5 Å². The van der Waals surface area contributed by atoms with Gasteiger partial charge in [0.05, 0.1) is 6.54 Å². The van der Waals surface area contributed by atoms with Crippen molar-refractivity contribution in [2.24, 2.45) is 0 Å². The van der Waals surface area contributed by atoms with E-state index in [4.69, 9.17) is 10.00 Å². The summed E-state index contributed by atoms with van der Waals surface area (Å²) in [5, 5.41) is 14.6. The first-order valence-electron chi connectivity index (χ1n) is 8.12. The van der Waals surface area contributed by atoms with E-state index in [-0.39, 0.29) is 29.9 Å². The van der Waals surface area contributed by atoms with Crippen molar-refractivity contribution in [3.05, 3.63) is 48.2 Å². The number of pyridine rings is 1. The molecule has 2 amide bonds. The second-order valence-corrected chi connectivity index (χ2v) is 6.19. The van der Waals surface area contributed by atoms with Gasteiger partial charge in [0.15, 0.2) is 6.19 Å². The van der Waals surface area contributed by atoms with Crippen LogP contribution in [0, 0.1) is 11.5 Å². The standard InChI is InChI=1S/C18H15N5O3/c19-11-23-9-8-18(10-23)17(25)22-14-7-6-13(21-16(14)26-18)15(24)20-12-4-2-1-3-5-12/h1-7H,8-10H2,(H,20,24)(H,22,25). The summed E-state index contributed by atoms with van der Waals surface area (Å²) in [4.78, 5) is 30.6. The number of nitrogens with one attached hydrogen (secondary N) is 2. The van der Waals surface area contributed by atoms with E-state index in [9.17, 15) is 9.59 Å². The van der Waals surface area contributed by atoms with Gasteiger partial charge >= 0.3 is 0 Å². The molecule has 0 saturated carbocycles. The van der Waals surface area contributed by atoms with Crippen molar-refractivity contribution in [3.8, 4) is 12.1 Å². The maximum absolute atomic E-state index is 12.4. The number of benzene rings is 1. The van der Waals surface area contributed by atoms with Crippen LogP contribution in [-0.4, -0.2) is 40.4 Å². The van der Waals surface area contributed by atoms with Crippen LogP contribution in [0.15, 0.2) is 42.5 Å². The van der Waals surface area contributed by atoms with E-state index < -0.39 is 5.60 Å². The van der Waals surface area contributed by atoms with Crippen molar-refractivity contribution in [3.63, 3.8) is 0 Å². The van der Waals surface area contributed by atoms with Crippen LogP contribution < -0.4 is 15.4 Å². The normalized spacial score (nSPS) is 20.7. The summed E-state index contributed by atoms with van der Waals surface area (Å²) in [6.45, 7) is 0.602. The Morgan fingerprint density at radius 3 is 2.85 bits per heavy atom. The lowest BCUT2D eigenvalue weighted by atomic mass is 10.0. The number of para-hydroxylation sites is 1. The number of hydrogen-bond donors (Lipinski definition) is 2. The number of nitrogens with zero attached hydrogens (tertiary/aromatic N) is 3. The Kier molecular flexibility index (Phi) is 3.69. The molecule has 2 aromatic rings. The predicted molar refractivity (Wildman–Crippen MR) is 92.4 cm³/mol. The summed E-state index contributed by atoms with van der Waals surface area (Å²) in [6.07, 6.45) is 2.41. The van der Waals surface area contributed by atoms with Gasteiger partial charge in [0.25, 0.3) is 11.8 Å². The molecule has 2 N–H and O–H groups in total. The molecule has 0 radical (unpaired) electrons. The molecular formula is C18H15N5O3. The summed E-state index contributed by atoms with van der Waals surface area (Å²) in [5.41, 5.74) is 0.0917. The second kappa shape index (κ2) is 6.04. The molecule has 26 heavy (non-hydrogen) atoms. The fourth-order valence-electron chi connectivity index (χ4n) is 3.06. The van der Waals surface area contributed by atoms with Gasteiger partial charge in [-0.25, -0.2) is 4.98 Å². The average molecular weight is 349 g/mol. The van der Waals surface area contributed by atoms with Gasteiger partial charge in [-0.3, -0.25) is 9.59 Å². The number of rotatable bonds is 2. The number of carbonyl (C=O) groups excluding carboxylic acids is 2. The Bertz CT molecular complexity index is 924. The zero-order valence-electron chi connectivity index (χ0n) is 13.7. The highest BCUT2D eigenvalue weighted by Crippen LogP contribution is 2.36. The molecule has 1 aromatic carbocycles. The van der Waals surface area contributed by atoms with Gasteiger partial charge in [0.1, 0.15) is 11.4 Å². The minimum absolute atomic E-state index is 0.164. The fourth-order valence-corrected chi connectivity index (χ4v) is 3.06. The molecule has 8 nitrogen and oxygen atoms in total. The number of hydrogen-bond acceptors (Lipinski definition) is 6. The fraction of sp³-hybridized carbons (Fsp3) is 0.222. The van der Waals surface area contributed by atoms with Gasteiger partial charge < -0.3 is 20.3 Å². The monoisotopic (exact) mass is 349 g/mol. The molecule has 8 heteroatoms. The third kappa shape index (κ3) is 2.69. The van der Waals surface area contributed by atoms with E-state index in [2.05, 4.69) is 15.6 Å². The van der Waals surface area contributed by atoms with Gasteiger partial charge in [-0.1, -0.05) is 18.2 Å². The number of aromatic nitrogens is 1. The molecule has 4 rings (SSSR count). The number of fused-ring (bicyclic) bond motifs is 1. The van der Waals surface area contributed by atoms with Crippen molar-refractivity contribution in [1.29, 1.82) is 5.26 Å². The largest absolute Gasteiger partial charge is 0.457 e. The number of anilines is 2. The highest BCUT2D eigenvalue weighted by atomic mass is 16.5. The van der Waals surface area contributed by atoms with Crippen LogP contribution in [0.5, 0.6) is 5.88 Å². The molecule has 130 valence electrons. The maximum atomic E-state index is 12.4. The number of carbonyl (C=O) groups is 2. The molecular weight excluding hydrogens is 334 g/mol. The first-order valence-corrected chi connectivity index (χ1v) is 8.12. The molecule has 3 heterocycles. The zero-order chi connectivity index (χ0) is 18.1. The van der Waals surface area contributed by atoms with Gasteiger partial charge in [0, 0.05) is 18.7 Å². The van der Waals surface area contributed by atoms with Crippen molar-refractivity contribution in [1.82, 2.24) is 9.88 Å². The third-order valence-corrected chi connectivity index (χ3v) is 4.45. The summed E-state index contributed by atoms with van der Waals surface area (Å²) >= 11 is 0. The van der Waals surface area contributed by atoms with E-state index in [1.165, 1.54) is 11.0 Å². The molecule has 1 aromatic heterocycles.